The Hall–Kier alpha value is -1.55. The Bertz CT molecular complexity index is 640. The van der Waals surface area contributed by atoms with Crippen molar-refractivity contribution >= 4 is 29.1 Å². The molecule has 1 aromatic carbocycles. The molecule has 0 spiro atoms. The summed E-state index contributed by atoms with van der Waals surface area (Å²) in [5.41, 5.74) is 0.790. The lowest BCUT2D eigenvalue weighted by Gasteiger charge is -2.25. The summed E-state index contributed by atoms with van der Waals surface area (Å²) in [5.74, 6) is 0.687. The summed E-state index contributed by atoms with van der Waals surface area (Å²) in [6.45, 7) is 1.37. The van der Waals surface area contributed by atoms with E-state index in [-0.39, 0.29) is 17.7 Å². The molecule has 3 fully saturated rings. The molecule has 0 radical (unpaired) electrons. The molecule has 1 heterocycles. The first-order chi connectivity index (χ1) is 11.1. The van der Waals surface area contributed by atoms with Crippen LogP contribution in [0.4, 0.5) is 5.69 Å². The van der Waals surface area contributed by atoms with E-state index in [1.165, 1.54) is 12.8 Å². The fourth-order valence-electron chi connectivity index (χ4n) is 3.38. The number of hydrogen-bond acceptors (Lipinski definition) is 2. The van der Waals surface area contributed by atoms with Gasteiger partial charge in [-0.2, -0.15) is 0 Å². The highest BCUT2D eigenvalue weighted by molar-refractivity contribution is 6.30. The number of rotatable bonds is 5. The molecule has 2 aliphatic carbocycles. The van der Waals surface area contributed by atoms with Gasteiger partial charge in [-0.05, 0) is 49.8 Å². The minimum absolute atomic E-state index is 0.0211. The minimum Gasteiger partial charge on any atom is -0.339 e. The zero-order valence-corrected chi connectivity index (χ0v) is 13.8. The molecule has 1 aromatic rings. The highest BCUT2D eigenvalue weighted by Crippen LogP contribution is 2.37. The summed E-state index contributed by atoms with van der Waals surface area (Å²) in [5, 5.41) is 0.610. The molecule has 1 atom stereocenters. The molecule has 122 valence electrons. The zero-order valence-electron chi connectivity index (χ0n) is 13.1. The second-order valence-electron chi connectivity index (χ2n) is 7.05. The van der Waals surface area contributed by atoms with Gasteiger partial charge >= 0.3 is 0 Å². The number of nitrogens with zero attached hydrogens (tertiary/aromatic N) is 2. The van der Waals surface area contributed by atoms with E-state index in [4.69, 9.17) is 11.6 Å². The number of amides is 2. The number of carbonyl (C=O) groups excluding carboxylic acids is 2. The van der Waals surface area contributed by atoms with E-state index in [1.807, 2.05) is 12.1 Å². The van der Waals surface area contributed by atoms with Crippen LogP contribution in [-0.4, -0.2) is 35.8 Å². The molecule has 3 aliphatic rings. The quantitative estimate of drug-likeness (QED) is 0.831. The number of hydrogen-bond donors (Lipinski definition) is 0. The molecule has 23 heavy (non-hydrogen) atoms. The summed E-state index contributed by atoms with van der Waals surface area (Å²) < 4.78 is 0. The van der Waals surface area contributed by atoms with Crippen molar-refractivity contribution in [3.05, 3.63) is 29.3 Å². The highest BCUT2D eigenvalue weighted by Gasteiger charge is 2.42. The molecule has 0 aromatic heterocycles. The van der Waals surface area contributed by atoms with Crippen molar-refractivity contribution in [2.24, 2.45) is 11.8 Å². The van der Waals surface area contributed by atoms with Crippen molar-refractivity contribution in [3.63, 3.8) is 0 Å². The van der Waals surface area contributed by atoms with Crippen molar-refractivity contribution < 1.29 is 9.59 Å². The first-order valence-electron chi connectivity index (χ1n) is 8.48. The van der Waals surface area contributed by atoms with Gasteiger partial charge in [0.15, 0.2) is 0 Å². The van der Waals surface area contributed by atoms with Gasteiger partial charge in [-0.1, -0.05) is 17.7 Å². The monoisotopic (exact) mass is 332 g/mol. The van der Waals surface area contributed by atoms with Crippen LogP contribution in [-0.2, 0) is 9.59 Å². The average molecular weight is 333 g/mol. The van der Waals surface area contributed by atoms with Crippen LogP contribution in [0.1, 0.15) is 32.1 Å². The van der Waals surface area contributed by atoms with Gasteiger partial charge in [-0.3, -0.25) is 9.59 Å². The predicted molar refractivity (Wildman–Crippen MR) is 89.4 cm³/mol. The van der Waals surface area contributed by atoms with E-state index in [1.54, 1.807) is 17.0 Å². The standard InChI is InChI=1S/C18H21ClN2O2/c19-14-2-1-3-16(9-14)20-11-13(8-17(20)22)18(23)21(15-6-7-15)10-12-4-5-12/h1-3,9,12-13,15H,4-8,10-11H2. The lowest BCUT2D eigenvalue weighted by atomic mass is 10.1. The van der Waals surface area contributed by atoms with E-state index >= 15 is 0 Å². The molecular formula is C18H21ClN2O2. The lowest BCUT2D eigenvalue weighted by molar-refractivity contribution is -0.136. The normalized spacial score (nSPS) is 24.1. The van der Waals surface area contributed by atoms with Gasteiger partial charge in [0.1, 0.15) is 0 Å². The van der Waals surface area contributed by atoms with Crippen molar-refractivity contribution in [2.75, 3.05) is 18.0 Å². The van der Waals surface area contributed by atoms with Crippen molar-refractivity contribution in [3.8, 4) is 0 Å². The predicted octanol–water partition coefficient (Wildman–Crippen LogP) is 3.09. The van der Waals surface area contributed by atoms with Gasteiger partial charge in [0.25, 0.3) is 0 Å². The fraction of sp³-hybridized carbons (Fsp3) is 0.556. The third kappa shape index (κ3) is 3.23. The van der Waals surface area contributed by atoms with Crippen LogP contribution in [0.25, 0.3) is 0 Å². The summed E-state index contributed by atoms with van der Waals surface area (Å²) in [6.07, 6.45) is 5.05. The topological polar surface area (TPSA) is 40.6 Å². The first-order valence-corrected chi connectivity index (χ1v) is 8.86. The van der Waals surface area contributed by atoms with Crippen molar-refractivity contribution in [1.29, 1.82) is 0 Å². The Kier molecular flexibility index (Phi) is 3.80. The maximum Gasteiger partial charge on any atom is 0.228 e. The molecule has 4 rings (SSSR count). The number of benzene rings is 1. The Labute approximate surface area is 141 Å². The first kappa shape index (κ1) is 15.0. The molecule has 2 amide bonds. The fourth-order valence-corrected chi connectivity index (χ4v) is 3.57. The maximum absolute atomic E-state index is 12.9. The van der Waals surface area contributed by atoms with Crippen LogP contribution in [0.3, 0.4) is 0 Å². The molecule has 2 saturated carbocycles. The van der Waals surface area contributed by atoms with E-state index in [0.29, 0.717) is 29.9 Å². The molecule has 1 unspecified atom stereocenters. The van der Waals surface area contributed by atoms with Gasteiger partial charge in [-0.15, -0.1) is 0 Å². The van der Waals surface area contributed by atoms with E-state index < -0.39 is 0 Å². The van der Waals surface area contributed by atoms with Gasteiger partial charge in [0, 0.05) is 36.3 Å². The Morgan fingerprint density at radius 1 is 1.26 bits per heavy atom. The number of halogens is 1. The Morgan fingerprint density at radius 2 is 2.04 bits per heavy atom. The largest absolute Gasteiger partial charge is 0.339 e. The third-order valence-corrected chi connectivity index (χ3v) is 5.25. The van der Waals surface area contributed by atoms with Crippen LogP contribution < -0.4 is 4.90 Å². The maximum atomic E-state index is 12.9. The van der Waals surface area contributed by atoms with Crippen LogP contribution >= 0.6 is 11.6 Å². The summed E-state index contributed by atoms with van der Waals surface area (Å²) in [4.78, 5) is 29.0. The molecule has 4 nitrogen and oxygen atoms in total. The SMILES string of the molecule is O=C1CC(C(=O)N(CC2CC2)C2CC2)CN1c1cccc(Cl)c1. The summed E-state index contributed by atoms with van der Waals surface area (Å²) >= 11 is 6.02. The van der Waals surface area contributed by atoms with Gasteiger partial charge in [0.05, 0.1) is 5.92 Å². The third-order valence-electron chi connectivity index (χ3n) is 5.02. The minimum atomic E-state index is -0.208. The molecule has 5 heteroatoms. The average Bonchev–Trinajstić information content (AvgIpc) is 3.43. The van der Waals surface area contributed by atoms with Crippen LogP contribution in [0.5, 0.6) is 0 Å². The van der Waals surface area contributed by atoms with Crippen molar-refractivity contribution in [1.82, 2.24) is 4.90 Å². The summed E-state index contributed by atoms with van der Waals surface area (Å²) in [6, 6.07) is 7.72. The molecule has 1 saturated heterocycles. The number of carbonyl (C=O) groups is 2. The van der Waals surface area contributed by atoms with E-state index in [2.05, 4.69) is 4.90 Å². The zero-order chi connectivity index (χ0) is 16.0. The molecule has 0 bridgehead atoms. The lowest BCUT2D eigenvalue weighted by Crippen LogP contribution is -2.40. The van der Waals surface area contributed by atoms with Crippen molar-refractivity contribution in [2.45, 2.75) is 38.1 Å². The van der Waals surface area contributed by atoms with E-state index in [0.717, 1.165) is 25.1 Å². The second kappa shape index (κ2) is 5.82. The van der Waals surface area contributed by atoms with Crippen LogP contribution in [0, 0.1) is 11.8 Å². The molecular weight excluding hydrogens is 312 g/mol. The number of anilines is 1. The smallest absolute Gasteiger partial charge is 0.228 e. The van der Waals surface area contributed by atoms with Crippen LogP contribution in [0.2, 0.25) is 5.02 Å². The van der Waals surface area contributed by atoms with Gasteiger partial charge < -0.3 is 9.80 Å². The summed E-state index contributed by atoms with van der Waals surface area (Å²) in [7, 11) is 0. The highest BCUT2D eigenvalue weighted by atomic mass is 35.5. The Balaban J connectivity index is 1.47. The van der Waals surface area contributed by atoms with Gasteiger partial charge in [-0.25, -0.2) is 0 Å². The molecule has 0 N–H and O–H groups in total. The van der Waals surface area contributed by atoms with Crippen LogP contribution in [0.15, 0.2) is 24.3 Å². The Morgan fingerprint density at radius 3 is 2.70 bits per heavy atom. The van der Waals surface area contributed by atoms with Gasteiger partial charge in [0.2, 0.25) is 11.8 Å². The molecule has 1 aliphatic heterocycles. The van der Waals surface area contributed by atoms with E-state index in [9.17, 15) is 9.59 Å². The second-order valence-corrected chi connectivity index (χ2v) is 7.49.